The molecule has 0 saturated heterocycles. The van der Waals surface area contributed by atoms with Gasteiger partial charge in [-0.15, -0.1) is 11.3 Å². The van der Waals surface area contributed by atoms with E-state index in [2.05, 4.69) is 15.3 Å². The molecule has 0 radical (unpaired) electrons. The van der Waals surface area contributed by atoms with Crippen LogP contribution in [0.2, 0.25) is 0 Å². The van der Waals surface area contributed by atoms with Crippen LogP contribution in [0.3, 0.4) is 0 Å². The first-order valence-electron chi connectivity index (χ1n) is 8.62. The van der Waals surface area contributed by atoms with Gasteiger partial charge in [0.1, 0.15) is 18.9 Å². The quantitative estimate of drug-likeness (QED) is 0.742. The van der Waals surface area contributed by atoms with Crippen molar-refractivity contribution in [3.8, 4) is 22.9 Å². The number of carbonyl (C=O) groups excluding carboxylic acids is 1. The number of thiazole rings is 1. The molecule has 0 spiro atoms. The molecule has 138 valence electrons. The van der Waals surface area contributed by atoms with Crippen LogP contribution in [0.15, 0.2) is 48.0 Å². The number of amides is 1. The molecule has 1 amide bonds. The summed E-state index contributed by atoms with van der Waals surface area (Å²) in [5.41, 5.74) is 1.62. The predicted molar refractivity (Wildman–Crippen MR) is 104 cm³/mol. The number of carbonyl (C=O) groups is 1. The fraction of sp³-hybridized carbons (Fsp3) is 0.250. The molecule has 1 aliphatic rings. The van der Waals surface area contributed by atoms with E-state index in [1.807, 2.05) is 55.6 Å². The molecule has 6 nitrogen and oxygen atoms in total. The van der Waals surface area contributed by atoms with Crippen molar-refractivity contribution in [1.82, 2.24) is 9.97 Å². The van der Waals surface area contributed by atoms with E-state index in [0.29, 0.717) is 29.8 Å². The number of pyridine rings is 1. The van der Waals surface area contributed by atoms with E-state index in [9.17, 15) is 4.79 Å². The molecular formula is C20H19N3O3S. The number of rotatable bonds is 4. The van der Waals surface area contributed by atoms with Crippen molar-refractivity contribution in [3.05, 3.63) is 53.5 Å². The molecule has 0 bridgehead atoms. The minimum Gasteiger partial charge on any atom is -0.486 e. The Morgan fingerprint density at radius 3 is 2.70 bits per heavy atom. The van der Waals surface area contributed by atoms with E-state index >= 15 is 0 Å². The van der Waals surface area contributed by atoms with Gasteiger partial charge in [-0.2, -0.15) is 0 Å². The average molecular weight is 381 g/mol. The topological polar surface area (TPSA) is 73.3 Å². The number of nitrogens with one attached hydrogen (secondary N) is 1. The average Bonchev–Trinajstić information content (AvgIpc) is 3.16. The number of aromatic nitrogens is 2. The zero-order chi connectivity index (χ0) is 18.9. The summed E-state index contributed by atoms with van der Waals surface area (Å²) in [6.45, 7) is 4.80. The molecule has 1 aromatic carbocycles. The fourth-order valence-corrected chi connectivity index (χ4v) is 3.48. The van der Waals surface area contributed by atoms with Gasteiger partial charge in [0.15, 0.2) is 16.6 Å². The van der Waals surface area contributed by atoms with Gasteiger partial charge in [-0.25, -0.2) is 4.98 Å². The van der Waals surface area contributed by atoms with Crippen molar-refractivity contribution < 1.29 is 14.3 Å². The van der Waals surface area contributed by atoms with E-state index in [-0.39, 0.29) is 5.91 Å². The Balaban J connectivity index is 1.53. The monoisotopic (exact) mass is 381 g/mol. The van der Waals surface area contributed by atoms with Gasteiger partial charge in [0, 0.05) is 11.6 Å². The van der Waals surface area contributed by atoms with Crippen LogP contribution in [0.4, 0.5) is 5.13 Å². The maximum absolute atomic E-state index is 12.9. The Morgan fingerprint density at radius 2 is 1.93 bits per heavy atom. The fourth-order valence-electron chi connectivity index (χ4n) is 2.78. The lowest BCUT2D eigenvalue weighted by molar-refractivity contribution is -0.120. The van der Waals surface area contributed by atoms with Crippen LogP contribution in [-0.4, -0.2) is 29.1 Å². The number of fused-ring (bicyclic) bond motifs is 1. The summed E-state index contributed by atoms with van der Waals surface area (Å²) in [7, 11) is 0. The zero-order valence-electron chi connectivity index (χ0n) is 15.1. The molecule has 0 aliphatic carbocycles. The molecule has 0 unspecified atom stereocenters. The Bertz CT molecular complexity index is 970. The number of hydrogen-bond donors (Lipinski definition) is 1. The Hall–Kier alpha value is -2.93. The van der Waals surface area contributed by atoms with Crippen molar-refractivity contribution in [2.45, 2.75) is 19.3 Å². The summed E-state index contributed by atoms with van der Waals surface area (Å²) in [5.74, 6) is 1.24. The minimum atomic E-state index is -0.757. The maximum Gasteiger partial charge on any atom is 0.236 e. The van der Waals surface area contributed by atoms with Gasteiger partial charge in [-0.05, 0) is 43.7 Å². The molecule has 2 aromatic heterocycles. The number of benzene rings is 1. The predicted octanol–water partition coefficient (Wildman–Crippen LogP) is 3.89. The first kappa shape index (κ1) is 17.5. The third kappa shape index (κ3) is 3.50. The summed E-state index contributed by atoms with van der Waals surface area (Å²) in [4.78, 5) is 21.7. The van der Waals surface area contributed by atoms with Crippen LogP contribution in [0.1, 0.15) is 19.4 Å². The van der Waals surface area contributed by atoms with E-state index in [4.69, 9.17) is 9.47 Å². The van der Waals surface area contributed by atoms with Crippen molar-refractivity contribution in [2.75, 3.05) is 18.5 Å². The van der Waals surface area contributed by atoms with Crippen LogP contribution in [-0.2, 0) is 10.2 Å². The van der Waals surface area contributed by atoms with Crippen LogP contribution in [0, 0.1) is 0 Å². The molecule has 27 heavy (non-hydrogen) atoms. The molecule has 0 atom stereocenters. The van der Waals surface area contributed by atoms with E-state index < -0.39 is 5.41 Å². The highest BCUT2D eigenvalue weighted by Gasteiger charge is 2.32. The lowest BCUT2D eigenvalue weighted by Crippen LogP contribution is -2.34. The van der Waals surface area contributed by atoms with Crippen molar-refractivity contribution >= 4 is 22.4 Å². The second-order valence-corrected chi connectivity index (χ2v) is 7.55. The maximum atomic E-state index is 12.9. The summed E-state index contributed by atoms with van der Waals surface area (Å²) < 4.78 is 11.2. The first-order chi connectivity index (χ1) is 13.0. The van der Waals surface area contributed by atoms with Crippen LogP contribution >= 0.6 is 11.3 Å². The summed E-state index contributed by atoms with van der Waals surface area (Å²) in [6, 6.07) is 11.3. The molecule has 0 saturated carbocycles. The Kier molecular flexibility index (Phi) is 4.53. The third-order valence-corrected chi connectivity index (χ3v) is 5.24. The first-order valence-corrected chi connectivity index (χ1v) is 9.50. The smallest absolute Gasteiger partial charge is 0.236 e. The minimum absolute atomic E-state index is 0.138. The van der Waals surface area contributed by atoms with Crippen LogP contribution < -0.4 is 14.8 Å². The number of hydrogen-bond acceptors (Lipinski definition) is 6. The van der Waals surface area contributed by atoms with E-state index in [1.165, 1.54) is 11.3 Å². The molecular weight excluding hydrogens is 362 g/mol. The molecule has 1 N–H and O–H groups in total. The van der Waals surface area contributed by atoms with E-state index in [0.717, 1.165) is 17.0 Å². The van der Waals surface area contributed by atoms with Gasteiger partial charge in [0.2, 0.25) is 5.91 Å². The summed E-state index contributed by atoms with van der Waals surface area (Å²) in [6.07, 6.45) is 1.72. The number of nitrogens with zero attached hydrogens (tertiary/aromatic N) is 2. The van der Waals surface area contributed by atoms with E-state index in [1.54, 1.807) is 6.20 Å². The standard InChI is InChI=1S/C20H19N3O3S/c1-20(2,13-6-7-16-17(11-13)26-10-9-25-16)18(24)23-19-22-15(12-27-19)14-5-3-4-8-21-14/h3-8,11-12H,9-10H2,1-2H3,(H,22,23,24). The number of ether oxygens (including phenoxy) is 2. The van der Waals surface area contributed by atoms with Gasteiger partial charge < -0.3 is 14.8 Å². The normalized spacial score (nSPS) is 13.3. The summed E-state index contributed by atoms with van der Waals surface area (Å²) >= 11 is 1.38. The molecule has 7 heteroatoms. The second kappa shape index (κ2) is 7.00. The van der Waals surface area contributed by atoms with Crippen LogP contribution in [0.25, 0.3) is 11.4 Å². The second-order valence-electron chi connectivity index (χ2n) is 6.69. The highest BCUT2D eigenvalue weighted by Crippen LogP contribution is 2.36. The Labute approximate surface area is 161 Å². The molecule has 4 rings (SSSR count). The van der Waals surface area contributed by atoms with Crippen LogP contribution in [0.5, 0.6) is 11.5 Å². The highest BCUT2D eigenvalue weighted by atomic mass is 32.1. The SMILES string of the molecule is CC(C)(C(=O)Nc1nc(-c2ccccn2)cs1)c1ccc2c(c1)OCCO2. The third-order valence-electron chi connectivity index (χ3n) is 4.48. The highest BCUT2D eigenvalue weighted by molar-refractivity contribution is 7.14. The number of anilines is 1. The molecule has 1 aliphatic heterocycles. The Morgan fingerprint density at radius 1 is 1.11 bits per heavy atom. The van der Waals surface area contributed by atoms with Gasteiger partial charge in [-0.1, -0.05) is 12.1 Å². The van der Waals surface area contributed by atoms with Crippen molar-refractivity contribution in [2.24, 2.45) is 0 Å². The van der Waals surface area contributed by atoms with Crippen molar-refractivity contribution in [1.29, 1.82) is 0 Å². The summed E-state index contributed by atoms with van der Waals surface area (Å²) in [5, 5.41) is 5.35. The molecule has 0 fully saturated rings. The lowest BCUT2D eigenvalue weighted by atomic mass is 9.83. The lowest BCUT2D eigenvalue weighted by Gasteiger charge is -2.26. The largest absolute Gasteiger partial charge is 0.486 e. The van der Waals surface area contributed by atoms with Gasteiger partial charge in [-0.3, -0.25) is 9.78 Å². The molecule has 3 heterocycles. The van der Waals surface area contributed by atoms with Gasteiger partial charge in [0.05, 0.1) is 11.1 Å². The molecule has 3 aromatic rings. The van der Waals surface area contributed by atoms with Gasteiger partial charge in [0.25, 0.3) is 0 Å². The van der Waals surface area contributed by atoms with Crippen molar-refractivity contribution in [3.63, 3.8) is 0 Å². The zero-order valence-corrected chi connectivity index (χ0v) is 15.9. The van der Waals surface area contributed by atoms with Gasteiger partial charge >= 0.3 is 0 Å².